The van der Waals surface area contributed by atoms with E-state index in [-0.39, 0.29) is 11.8 Å². The van der Waals surface area contributed by atoms with Gasteiger partial charge in [0.1, 0.15) is 5.41 Å². The van der Waals surface area contributed by atoms with Gasteiger partial charge in [0, 0.05) is 20.1 Å². The van der Waals surface area contributed by atoms with E-state index in [1.165, 1.54) is 0 Å². The van der Waals surface area contributed by atoms with Crippen LogP contribution < -0.4 is 5.32 Å². The number of hydrogen-bond donors (Lipinski definition) is 1. The van der Waals surface area contributed by atoms with Gasteiger partial charge in [0.05, 0.1) is 0 Å². The average Bonchev–Trinajstić information content (AvgIpc) is 2.49. The SMILES string of the molecule is CCCCN(C)C(=O)C(C)(C)C(=O)NCc1cccc(C)c1. The van der Waals surface area contributed by atoms with E-state index < -0.39 is 5.41 Å². The minimum atomic E-state index is -1.05. The summed E-state index contributed by atoms with van der Waals surface area (Å²) in [6, 6.07) is 7.98. The van der Waals surface area contributed by atoms with Gasteiger partial charge < -0.3 is 10.2 Å². The first kappa shape index (κ1) is 18.2. The number of amides is 2. The number of hydrogen-bond acceptors (Lipinski definition) is 2. The quantitative estimate of drug-likeness (QED) is 0.787. The summed E-state index contributed by atoms with van der Waals surface area (Å²) in [5.74, 6) is -0.370. The second kappa shape index (κ2) is 7.97. The van der Waals surface area contributed by atoms with Crippen molar-refractivity contribution in [2.24, 2.45) is 5.41 Å². The molecular weight excluding hydrogens is 276 g/mol. The van der Waals surface area contributed by atoms with Gasteiger partial charge in [-0.2, -0.15) is 0 Å². The summed E-state index contributed by atoms with van der Waals surface area (Å²) in [5.41, 5.74) is 1.14. The fraction of sp³-hybridized carbons (Fsp3) is 0.556. The Hall–Kier alpha value is -1.84. The third-order valence-corrected chi connectivity index (χ3v) is 3.83. The van der Waals surface area contributed by atoms with E-state index in [1.807, 2.05) is 31.2 Å². The van der Waals surface area contributed by atoms with Gasteiger partial charge in [-0.15, -0.1) is 0 Å². The number of nitrogens with one attached hydrogen (secondary N) is 1. The van der Waals surface area contributed by atoms with Gasteiger partial charge in [-0.1, -0.05) is 43.2 Å². The van der Waals surface area contributed by atoms with Crippen LogP contribution in [0.15, 0.2) is 24.3 Å². The molecule has 122 valence electrons. The predicted molar refractivity (Wildman–Crippen MR) is 89.4 cm³/mol. The topological polar surface area (TPSA) is 49.4 Å². The largest absolute Gasteiger partial charge is 0.351 e. The maximum absolute atomic E-state index is 12.4. The van der Waals surface area contributed by atoms with Crippen molar-refractivity contribution in [1.82, 2.24) is 10.2 Å². The van der Waals surface area contributed by atoms with Crippen LogP contribution in [-0.2, 0) is 16.1 Å². The predicted octanol–water partition coefficient (Wildman–Crippen LogP) is 2.90. The highest BCUT2D eigenvalue weighted by Crippen LogP contribution is 2.19. The van der Waals surface area contributed by atoms with Gasteiger partial charge in [-0.3, -0.25) is 9.59 Å². The monoisotopic (exact) mass is 304 g/mol. The van der Waals surface area contributed by atoms with Crippen LogP contribution in [0.5, 0.6) is 0 Å². The molecule has 0 unspecified atom stereocenters. The van der Waals surface area contributed by atoms with E-state index in [1.54, 1.807) is 25.8 Å². The number of benzene rings is 1. The zero-order valence-corrected chi connectivity index (χ0v) is 14.4. The molecule has 0 spiro atoms. The van der Waals surface area contributed by atoms with Crippen LogP contribution in [0.1, 0.15) is 44.7 Å². The summed E-state index contributed by atoms with van der Waals surface area (Å²) >= 11 is 0. The molecule has 0 aliphatic rings. The number of nitrogens with zero attached hydrogens (tertiary/aromatic N) is 1. The van der Waals surface area contributed by atoms with Gasteiger partial charge in [-0.05, 0) is 32.8 Å². The second-order valence-corrected chi connectivity index (χ2v) is 6.38. The number of unbranched alkanes of at least 4 members (excludes halogenated alkanes) is 1. The molecule has 0 saturated carbocycles. The van der Waals surface area contributed by atoms with E-state index in [2.05, 4.69) is 12.2 Å². The number of rotatable bonds is 7. The Kier molecular flexibility index (Phi) is 6.60. The highest BCUT2D eigenvalue weighted by atomic mass is 16.2. The molecule has 0 saturated heterocycles. The zero-order chi connectivity index (χ0) is 16.8. The van der Waals surface area contributed by atoms with Crippen molar-refractivity contribution in [3.8, 4) is 0 Å². The van der Waals surface area contributed by atoms with E-state index in [9.17, 15) is 9.59 Å². The van der Waals surface area contributed by atoms with Crippen molar-refractivity contribution >= 4 is 11.8 Å². The molecule has 0 radical (unpaired) electrons. The molecular formula is C18H28N2O2. The Bertz CT molecular complexity index is 524. The molecule has 0 aromatic heterocycles. The molecule has 0 bridgehead atoms. The molecule has 1 aromatic carbocycles. The zero-order valence-electron chi connectivity index (χ0n) is 14.4. The fourth-order valence-electron chi connectivity index (χ4n) is 2.30. The maximum atomic E-state index is 12.4. The molecule has 0 aliphatic heterocycles. The Balaban J connectivity index is 2.63. The third kappa shape index (κ3) is 4.86. The van der Waals surface area contributed by atoms with E-state index in [0.29, 0.717) is 13.1 Å². The minimum absolute atomic E-state index is 0.136. The molecule has 2 amide bonds. The van der Waals surface area contributed by atoms with Crippen LogP contribution in [0.3, 0.4) is 0 Å². The standard InChI is InChI=1S/C18H28N2O2/c1-6-7-11-20(5)17(22)18(3,4)16(21)19-13-15-10-8-9-14(2)12-15/h8-10,12H,6-7,11,13H2,1-5H3,(H,19,21). The molecule has 4 heteroatoms. The van der Waals surface area contributed by atoms with E-state index >= 15 is 0 Å². The highest BCUT2D eigenvalue weighted by molar-refractivity contribution is 6.04. The lowest BCUT2D eigenvalue weighted by Crippen LogP contribution is -2.48. The van der Waals surface area contributed by atoms with Gasteiger partial charge in [0.15, 0.2) is 0 Å². The smallest absolute Gasteiger partial charge is 0.237 e. The molecule has 0 heterocycles. The summed E-state index contributed by atoms with van der Waals surface area (Å²) in [6.07, 6.45) is 1.97. The van der Waals surface area contributed by atoms with Crippen LogP contribution in [-0.4, -0.2) is 30.3 Å². The minimum Gasteiger partial charge on any atom is -0.351 e. The summed E-state index contributed by atoms with van der Waals surface area (Å²) in [4.78, 5) is 26.5. The summed E-state index contributed by atoms with van der Waals surface area (Å²) < 4.78 is 0. The average molecular weight is 304 g/mol. The summed E-state index contributed by atoms with van der Waals surface area (Å²) in [7, 11) is 1.76. The highest BCUT2D eigenvalue weighted by Gasteiger charge is 2.37. The fourth-order valence-corrected chi connectivity index (χ4v) is 2.30. The van der Waals surface area contributed by atoms with Crippen molar-refractivity contribution in [2.75, 3.05) is 13.6 Å². The first-order valence-electron chi connectivity index (χ1n) is 7.88. The van der Waals surface area contributed by atoms with Crippen LogP contribution in [0.4, 0.5) is 0 Å². The first-order valence-corrected chi connectivity index (χ1v) is 7.88. The van der Waals surface area contributed by atoms with Crippen molar-refractivity contribution in [3.63, 3.8) is 0 Å². The summed E-state index contributed by atoms with van der Waals surface area (Å²) in [5, 5.41) is 2.87. The Labute approximate surface area is 133 Å². The van der Waals surface area contributed by atoms with E-state index in [4.69, 9.17) is 0 Å². The lowest BCUT2D eigenvalue weighted by atomic mass is 9.90. The Morgan fingerprint density at radius 3 is 2.55 bits per heavy atom. The van der Waals surface area contributed by atoms with Crippen LogP contribution in [0.2, 0.25) is 0 Å². The van der Waals surface area contributed by atoms with Crippen molar-refractivity contribution in [1.29, 1.82) is 0 Å². The number of carbonyl (C=O) groups excluding carboxylic acids is 2. The van der Waals surface area contributed by atoms with E-state index in [0.717, 1.165) is 24.0 Å². The van der Waals surface area contributed by atoms with Crippen molar-refractivity contribution in [2.45, 2.75) is 47.1 Å². The molecule has 4 nitrogen and oxygen atoms in total. The lowest BCUT2D eigenvalue weighted by molar-refractivity contribution is -0.147. The van der Waals surface area contributed by atoms with Crippen LogP contribution in [0.25, 0.3) is 0 Å². The third-order valence-electron chi connectivity index (χ3n) is 3.83. The maximum Gasteiger partial charge on any atom is 0.237 e. The number of aryl methyl sites for hydroxylation is 1. The Morgan fingerprint density at radius 1 is 1.27 bits per heavy atom. The van der Waals surface area contributed by atoms with Gasteiger partial charge >= 0.3 is 0 Å². The van der Waals surface area contributed by atoms with Crippen molar-refractivity contribution < 1.29 is 9.59 Å². The van der Waals surface area contributed by atoms with Crippen molar-refractivity contribution in [3.05, 3.63) is 35.4 Å². The second-order valence-electron chi connectivity index (χ2n) is 6.38. The normalized spacial score (nSPS) is 11.1. The lowest BCUT2D eigenvalue weighted by Gasteiger charge is -2.28. The molecule has 22 heavy (non-hydrogen) atoms. The first-order chi connectivity index (χ1) is 10.3. The molecule has 0 aliphatic carbocycles. The van der Waals surface area contributed by atoms with Gasteiger partial charge in [0.25, 0.3) is 0 Å². The Morgan fingerprint density at radius 2 is 1.95 bits per heavy atom. The molecule has 0 atom stereocenters. The number of carbonyl (C=O) groups is 2. The summed E-state index contributed by atoms with van der Waals surface area (Å²) in [6.45, 7) is 8.59. The molecule has 0 fully saturated rings. The van der Waals surface area contributed by atoms with Gasteiger partial charge in [-0.25, -0.2) is 0 Å². The molecule has 1 aromatic rings. The van der Waals surface area contributed by atoms with Crippen LogP contribution >= 0.6 is 0 Å². The molecule has 1 N–H and O–H groups in total. The van der Waals surface area contributed by atoms with Crippen LogP contribution in [0, 0.1) is 12.3 Å². The molecule has 1 rings (SSSR count). The van der Waals surface area contributed by atoms with Gasteiger partial charge in [0.2, 0.25) is 11.8 Å².